The van der Waals surface area contributed by atoms with Crippen molar-refractivity contribution in [3.63, 3.8) is 0 Å². The van der Waals surface area contributed by atoms with Crippen molar-refractivity contribution in [1.29, 1.82) is 0 Å². The first-order valence-electron chi connectivity index (χ1n) is 33.2. The van der Waals surface area contributed by atoms with E-state index in [0.29, 0.717) is 104 Å². The molecular weight excluding hydrogens is 1090 g/mol. The van der Waals surface area contributed by atoms with Gasteiger partial charge in [0, 0.05) is 51.4 Å². The summed E-state index contributed by atoms with van der Waals surface area (Å²) < 4.78 is 55.0. The number of hydrogen-bond donors (Lipinski definition) is 0. The van der Waals surface area contributed by atoms with Crippen molar-refractivity contribution in [3.8, 4) is 46.0 Å². The summed E-state index contributed by atoms with van der Waals surface area (Å²) in [4.78, 5) is 0. The van der Waals surface area contributed by atoms with E-state index in [-0.39, 0.29) is 0 Å². The molecule has 0 unspecified atom stereocenters. The number of para-hydroxylation sites is 8. The molecule has 8 heteroatoms. The molecule has 0 aromatic heterocycles. The zero-order chi connectivity index (χ0) is 61.5. The highest BCUT2D eigenvalue weighted by Gasteiger charge is 2.25. The zero-order valence-corrected chi connectivity index (χ0v) is 54.1. The SMILES string of the molecule is CCCOc1c2cccc1Cc1cccc(c1OCCC)Cc1cccc(c1OCCC)Cc1cccc(c1OCCC)Cc1cccc(c1OCCC)Cc1cccc(c1OCCC)Cc1cccc(c1OCCC)Cc1cccc(c1OCCC)C2. The third-order valence-corrected chi connectivity index (χ3v) is 16.1. The molecule has 0 atom stereocenters. The lowest BCUT2D eigenvalue weighted by Gasteiger charge is -2.22. The van der Waals surface area contributed by atoms with Gasteiger partial charge in [-0.2, -0.15) is 0 Å². The van der Waals surface area contributed by atoms with Gasteiger partial charge in [-0.1, -0.05) is 201 Å². The van der Waals surface area contributed by atoms with Gasteiger partial charge in [0.15, 0.2) is 0 Å². The summed E-state index contributed by atoms with van der Waals surface area (Å²) in [7, 11) is 0. The van der Waals surface area contributed by atoms with Gasteiger partial charge in [-0.15, -0.1) is 0 Å². The minimum absolute atomic E-state index is 0.603. The first kappa shape index (κ1) is 64.6. The van der Waals surface area contributed by atoms with Crippen molar-refractivity contribution in [2.45, 2.75) is 158 Å². The van der Waals surface area contributed by atoms with E-state index in [4.69, 9.17) is 37.9 Å². The highest BCUT2D eigenvalue weighted by atomic mass is 16.5. The van der Waals surface area contributed by atoms with Crippen molar-refractivity contribution in [1.82, 2.24) is 0 Å². The van der Waals surface area contributed by atoms with E-state index >= 15 is 0 Å². The monoisotopic (exact) mass is 1180 g/mol. The van der Waals surface area contributed by atoms with Crippen molar-refractivity contribution in [2.24, 2.45) is 0 Å². The predicted molar refractivity (Wildman–Crippen MR) is 360 cm³/mol. The molecule has 8 aromatic carbocycles. The molecule has 88 heavy (non-hydrogen) atoms. The maximum Gasteiger partial charge on any atom is 0.126 e. The van der Waals surface area contributed by atoms with Crippen LogP contribution in [0, 0.1) is 0 Å². The lowest BCUT2D eigenvalue weighted by Crippen LogP contribution is -2.10. The van der Waals surface area contributed by atoms with Gasteiger partial charge >= 0.3 is 0 Å². The molecule has 1 aliphatic carbocycles. The van der Waals surface area contributed by atoms with E-state index in [0.717, 1.165) is 186 Å². The summed E-state index contributed by atoms with van der Waals surface area (Å²) >= 11 is 0. The second-order valence-electron chi connectivity index (χ2n) is 23.4. The second kappa shape index (κ2) is 33.5. The summed E-state index contributed by atoms with van der Waals surface area (Å²) in [6.45, 7) is 22.2. The van der Waals surface area contributed by atoms with E-state index in [2.05, 4.69) is 201 Å². The number of fused-ring (bicyclic) bond motifs is 16. The van der Waals surface area contributed by atoms with Crippen LogP contribution in [0.1, 0.15) is 196 Å². The van der Waals surface area contributed by atoms with Gasteiger partial charge in [-0.25, -0.2) is 0 Å². The minimum Gasteiger partial charge on any atom is -0.493 e. The third kappa shape index (κ3) is 16.5. The summed E-state index contributed by atoms with van der Waals surface area (Å²) in [5.41, 5.74) is 18.0. The first-order chi connectivity index (χ1) is 43.3. The molecule has 0 fully saturated rings. The maximum atomic E-state index is 6.88. The van der Waals surface area contributed by atoms with Crippen LogP contribution in [0.25, 0.3) is 0 Å². The Morgan fingerprint density at radius 2 is 0.261 bits per heavy atom. The Labute approximate surface area is 526 Å². The molecule has 0 N–H and O–H groups in total. The second-order valence-corrected chi connectivity index (χ2v) is 23.4. The number of hydrogen-bond acceptors (Lipinski definition) is 8. The fraction of sp³-hybridized carbons (Fsp3) is 0.400. The molecule has 464 valence electrons. The van der Waals surface area contributed by atoms with Crippen molar-refractivity contribution >= 4 is 0 Å². The van der Waals surface area contributed by atoms with Gasteiger partial charge in [0.2, 0.25) is 0 Å². The van der Waals surface area contributed by atoms with E-state index in [1.165, 1.54) is 0 Å². The Kier molecular flexibility index (Phi) is 24.6. The van der Waals surface area contributed by atoms with Gasteiger partial charge in [-0.3, -0.25) is 0 Å². The topological polar surface area (TPSA) is 73.8 Å². The van der Waals surface area contributed by atoms with Gasteiger partial charge in [0.1, 0.15) is 46.0 Å². The van der Waals surface area contributed by atoms with Gasteiger partial charge in [0.05, 0.1) is 52.9 Å². The molecule has 1 aliphatic rings. The number of ether oxygens (including phenoxy) is 8. The molecule has 0 radical (unpaired) electrons. The molecule has 0 heterocycles. The van der Waals surface area contributed by atoms with Crippen LogP contribution in [0.2, 0.25) is 0 Å². The molecule has 0 amide bonds. The summed E-state index contributed by atoms with van der Waals surface area (Å²) in [6, 6.07) is 53.1. The van der Waals surface area contributed by atoms with Crippen molar-refractivity contribution in [3.05, 3.63) is 235 Å². The molecule has 8 aromatic rings. The average molecular weight is 1190 g/mol. The zero-order valence-electron chi connectivity index (χ0n) is 54.1. The van der Waals surface area contributed by atoms with Crippen molar-refractivity contribution < 1.29 is 37.9 Å². The first-order valence-corrected chi connectivity index (χ1v) is 33.2. The Bertz CT molecular complexity index is 2650. The molecule has 9 rings (SSSR count). The lowest BCUT2D eigenvalue weighted by atomic mass is 9.91. The Balaban J connectivity index is 1.24. The third-order valence-electron chi connectivity index (χ3n) is 16.1. The Morgan fingerprint density at radius 1 is 0.170 bits per heavy atom. The van der Waals surface area contributed by atoms with E-state index in [9.17, 15) is 0 Å². The fourth-order valence-electron chi connectivity index (χ4n) is 12.1. The predicted octanol–water partition coefficient (Wildman–Crippen LogP) is 19.0. The van der Waals surface area contributed by atoms with Gasteiger partial charge < -0.3 is 37.9 Å². The molecule has 0 spiro atoms. The van der Waals surface area contributed by atoms with Gasteiger partial charge in [0.25, 0.3) is 0 Å². The summed E-state index contributed by atoms with van der Waals surface area (Å²) in [5, 5.41) is 0. The number of benzene rings is 8. The van der Waals surface area contributed by atoms with Crippen LogP contribution in [0.4, 0.5) is 0 Å². The van der Waals surface area contributed by atoms with Crippen LogP contribution in [0.3, 0.4) is 0 Å². The largest absolute Gasteiger partial charge is 0.493 e. The molecule has 0 saturated carbocycles. The maximum absolute atomic E-state index is 6.88. The van der Waals surface area contributed by atoms with Crippen LogP contribution in [0.15, 0.2) is 146 Å². The van der Waals surface area contributed by atoms with Crippen molar-refractivity contribution in [2.75, 3.05) is 52.9 Å². The van der Waals surface area contributed by atoms with E-state index in [1.807, 2.05) is 0 Å². The standard InChI is InChI=1S/C80H96O8/c1-9-41-81-73-57-25-17-26-58(73)50-60-28-19-30-62(75(60)83-43-11-3)52-64-32-21-34-66(77(64)85-45-13-5)54-68-36-23-38-70(79(68)87-47-15-7)56-72-40-24-39-71(80(72)88-48-16-8)55-69-37-22-35-67(78(69)86-46-14-6)53-65-33-20-31-63(76(65)84-44-12-4)51-61-29-18-27-59(49-57)74(61)82-42-10-2/h17-40H,9-16,41-56H2,1-8H3. The molecule has 8 nitrogen and oxygen atoms in total. The quantitative estimate of drug-likeness (QED) is 0.0592. The smallest absolute Gasteiger partial charge is 0.126 e. The fourth-order valence-corrected chi connectivity index (χ4v) is 12.1. The molecule has 0 aliphatic heterocycles. The van der Waals surface area contributed by atoms with Crippen LogP contribution < -0.4 is 37.9 Å². The van der Waals surface area contributed by atoms with Gasteiger partial charge in [-0.05, 0) is 140 Å². The van der Waals surface area contributed by atoms with Crippen LogP contribution in [0.5, 0.6) is 46.0 Å². The van der Waals surface area contributed by atoms with Crippen LogP contribution in [-0.2, 0) is 51.4 Å². The van der Waals surface area contributed by atoms with E-state index in [1.54, 1.807) is 0 Å². The van der Waals surface area contributed by atoms with Crippen LogP contribution in [-0.4, -0.2) is 52.9 Å². The summed E-state index contributed by atoms with van der Waals surface area (Å²) in [5.74, 6) is 7.42. The average Bonchev–Trinajstić information content (AvgIpc) is 1.87. The van der Waals surface area contributed by atoms with E-state index < -0.39 is 0 Å². The highest BCUT2D eigenvalue weighted by molar-refractivity contribution is 5.58. The minimum atomic E-state index is 0.603. The molecular formula is C80H96O8. The summed E-state index contributed by atoms with van der Waals surface area (Å²) in [6.07, 6.45) is 12.2. The Morgan fingerprint density at radius 3 is 0.341 bits per heavy atom. The molecule has 16 bridgehead atoms. The van der Waals surface area contributed by atoms with Crippen LogP contribution >= 0.6 is 0 Å². The molecule has 0 saturated heterocycles. The highest BCUT2D eigenvalue weighted by Crippen LogP contribution is 2.42. The lowest BCUT2D eigenvalue weighted by molar-refractivity contribution is 0.305. The number of rotatable bonds is 24. The normalized spacial score (nSPS) is 12.5. The Hall–Kier alpha value is -7.84.